The SMILES string of the molecule is CCc1cc2c(=O)n(CC(=O)c3ccc(F)cc3)c(SC)nc2s1. The number of aryl methyl sites for hydroxylation is 1. The maximum Gasteiger partial charge on any atom is 0.263 e. The van der Waals surface area contributed by atoms with Gasteiger partial charge in [-0.1, -0.05) is 18.7 Å². The Morgan fingerprint density at radius 1 is 1.33 bits per heavy atom. The molecule has 0 fully saturated rings. The molecule has 1 aromatic carbocycles. The monoisotopic (exact) mass is 362 g/mol. The number of carbonyl (C=O) groups excluding carboxylic acids is 1. The van der Waals surface area contributed by atoms with Gasteiger partial charge in [-0.15, -0.1) is 11.3 Å². The van der Waals surface area contributed by atoms with Crippen LogP contribution in [0.3, 0.4) is 0 Å². The van der Waals surface area contributed by atoms with Crippen molar-refractivity contribution >= 4 is 39.1 Å². The molecular weight excluding hydrogens is 347 g/mol. The van der Waals surface area contributed by atoms with E-state index in [1.807, 2.05) is 19.2 Å². The molecule has 2 heterocycles. The first-order valence-corrected chi connectivity index (χ1v) is 9.43. The van der Waals surface area contributed by atoms with Gasteiger partial charge >= 0.3 is 0 Å². The number of Topliss-reactive ketones (excluding diaryl/α,β-unsaturated/α-hetero) is 1. The first kappa shape index (κ1) is 16.9. The zero-order chi connectivity index (χ0) is 17.3. The molecule has 124 valence electrons. The van der Waals surface area contributed by atoms with E-state index in [1.54, 1.807) is 0 Å². The molecule has 0 atom stereocenters. The zero-order valence-corrected chi connectivity index (χ0v) is 14.8. The Hall–Kier alpha value is -1.99. The van der Waals surface area contributed by atoms with E-state index in [1.165, 1.54) is 51.9 Å². The summed E-state index contributed by atoms with van der Waals surface area (Å²) in [5, 5.41) is 1.05. The third-order valence-corrected chi connectivity index (χ3v) is 5.52. The first-order valence-electron chi connectivity index (χ1n) is 7.39. The van der Waals surface area contributed by atoms with Crippen LogP contribution in [0.15, 0.2) is 40.3 Å². The second-order valence-corrected chi connectivity index (χ2v) is 7.09. The minimum atomic E-state index is -0.401. The molecule has 2 aromatic heterocycles. The van der Waals surface area contributed by atoms with E-state index in [2.05, 4.69) is 4.98 Å². The van der Waals surface area contributed by atoms with Crippen LogP contribution in [0.4, 0.5) is 4.39 Å². The van der Waals surface area contributed by atoms with Crippen molar-refractivity contribution in [3.05, 3.63) is 56.9 Å². The average Bonchev–Trinajstić information content (AvgIpc) is 3.01. The molecule has 0 unspecified atom stereocenters. The fraction of sp³-hybridized carbons (Fsp3) is 0.235. The van der Waals surface area contributed by atoms with Gasteiger partial charge in [0.05, 0.1) is 11.9 Å². The van der Waals surface area contributed by atoms with E-state index in [9.17, 15) is 14.0 Å². The Bertz CT molecular complexity index is 961. The Kier molecular flexibility index (Phi) is 4.82. The summed E-state index contributed by atoms with van der Waals surface area (Å²) >= 11 is 2.83. The predicted octanol–water partition coefficient (Wildman–Crippen LogP) is 3.76. The fourth-order valence-electron chi connectivity index (χ4n) is 2.39. The molecule has 0 aliphatic heterocycles. The summed E-state index contributed by atoms with van der Waals surface area (Å²) in [6, 6.07) is 7.16. The number of aromatic nitrogens is 2. The van der Waals surface area contributed by atoms with Crippen LogP contribution in [0.5, 0.6) is 0 Å². The van der Waals surface area contributed by atoms with Gasteiger partial charge in [0.2, 0.25) is 0 Å². The lowest BCUT2D eigenvalue weighted by molar-refractivity contribution is 0.0967. The van der Waals surface area contributed by atoms with Crippen LogP contribution in [0.1, 0.15) is 22.2 Å². The summed E-state index contributed by atoms with van der Waals surface area (Å²) in [7, 11) is 0. The highest BCUT2D eigenvalue weighted by atomic mass is 32.2. The average molecular weight is 362 g/mol. The minimum Gasteiger partial charge on any atom is -0.292 e. The molecule has 0 bridgehead atoms. The van der Waals surface area contributed by atoms with Crippen LogP contribution in [0.25, 0.3) is 10.2 Å². The molecule has 0 aliphatic rings. The maximum absolute atomic E-state index is 13.0. The number of hydrogen-bond acceptors (Lipinski definition) is 5. The number of ketones is 1. The highest BCUT2D eigenvalue weighted by Gasteiger charge is 2.16. The summed E-state index contributed by atoms with van der Waals surface area (Å²) in [5.74, 6) is -0.651. The van der Waals surface area contributed by atoms with Crippen molar-refractivity contribution in [3.63, 3.8) is 0 Å². The van der Waals surface area contributed by atoms with E-state index >= 15 is 0 Å². The molecule has 0 aliphatic carbocycles. The highest BCUT2D eigenvalue weighted by Crippen LogP contribution is 2.24. The summed E-state index contributed by atoms with van der Waals surface area (Å²) in [6.45, 7) is 1.91. The summed E-state index contributed by atoms with van der Waals surface area (Å²) in [6.07, 6.45) is 2.66. The molecule has 7 heteroatoms. The number of fused-ring (bicyclic) bond motifs is 1. The molecule has 0 amide bonds. The number of hydrogen-bond donors (Lipinski definition) is 0. The van der Waals surface area contributed by atoms with E-state index in [0.717, 1.165) is 11.3 Å². The lowest BCUT2D eigenvalue weighted by Gasteiger charge is -2.09. The molecule has 0 N–H and O–H groups in total. The standard InChI is InChI=1S/C17H15FN2O2S2/c1-3-12-8-13-15(24-12)19-17(23-2)20(16(13)22)9-14(21)10-4-6-11(18)7-5-10/h4-8H,3,9H2,1-2H3. The maximum atomic E-state index is 13.0. The van der Waals surface area contributed by atoms with E-state index in [4.69, 9.17) is 0 Å². The van der Waals surface area contributed by atoms with Gasteiger partial charge in [-0.2, -0.15) is 0 Å². The van der Waals surface area contributed by atoms with Gasteiger partial charge in [0.15, 0.2) is 10.9 Å². The fourth-order valence-corrected chi connectivity index (χ4v) is 3.95. The Balaban J connectivity index is 2.04. The highest BCUT2D eigenvalue weighted by molar-refractivity contribution is 7.98. The lowest BCUT2D eigenvalue weighted by atomic mass is 10.1. The van der Waals surface area contributed by atoms with Crippen LogP contribution in [-0.4, -0.2) is 21.6 Å². The molecule has 4 nitrogen and oxygen atoms in total. The van der Waals surface area contributed by atoms with Crippen molar-refractivity contribution in [1.82, 2.24) is 9.55 Å². The predicted molar refractivity (Wildman–Crippen MR) is 95.8 cm³/mol. The van der Waals surface area contributed by atoms with Gasteiger partial charge in [-0.05, 0) is 43.0 Å². The van der Waals surface area contributed by atoms with Crippen LogP contribution < -0.4 is 5.56 Å². The van der Waals surface area contributed by atoms with Crippen molar-refractivity contribution in [3.8, 4) is 0 Å². The molecule has 3 rings (SSSR count). The Morgan fingerprint density at radius 2 is 2.04 bits per heavy atom. The zero-order valence-electron chi connectivity index (χ0n) is 13.2. The third kappa shape index (κ3) is 3.14. The molecule has 24 heavy (non-hydrogen) atoms. The third-order valence-electron chi connectivity index (χ3n) is 3.67. The van der Waals surface area contributed by atoms with Crippen LogP contribution >= 0.6 is 23.1 Å². The molecule has 0 spiro atoms. The van der Waals surface area contributed by atoms with Gasteiger partial charge in [-0.3, -0.25) is 14.2 Å². The van der Waals surface area contributed by atoms with Crippen LogP contribution in [-0.2, 0) is 13.0 Å². The summed E-state index contributed by atoms with van der Waals surface area (Å²) in [5.41, 5.74) is 0.158. The number of nitrogens with zero attached hydrogens (tertiary/aromatic N) is 2. The minimum absolute atomic E-state index is 0.110. The van der Waals surface area contributed by atoms with E-state index in [-0.39, 0.29) is 17.9 Å². The van der Waals surface area contributed by atoms with Gasteiger partial charge in [0.1, 0.15) is 10.6 Å². The molecule has 0 saturated carbocycles. The largest absolute Gasteiger partial charge is 0.292 e. The van der Waals surface area contributed by atoms with Gasteiger partial charge in [-0.25, -0.2) is 9.37 Å². The summed E-state index contributed by atoms with van der Waals surface area (Å²) in [4.78, 5) is 31.5. The number of thiophene rings is 1. The lowest BCUT2D eigenvalue weighted by Crippen LogP contribution is -2.26. The van der Waals surface area contributed by atoms with E-state index in [0.29, 0.717) is 20.9 Å². The van der Waals surface area contributed by atoms with Crippen LogP contribution in [0, 0.1) is 5.82 Å². The van der Waals surface area contributed by atoms with Crippen molar-refractivity contribution in [1.29, 1.82) is 0 Å². The van der Waals surface area contributed by atoms with E-state index < -0.39 is 5.82 Å². The molecular formula is C17H15FN2O2S2. The van der Waals surface area contributed by atoms with Crippen molar-refractivity contribution in [2.24, 2.45) is 0 Å². The molecule has 3 aromatic rings. The normalized spacial score (nSPS) is 11.1. The topological polar surface area (TPSA) is 52.0 Å². The van der Waals surface area contributed by atoms with Crippen molar-refractivity contribution in [2.75, 3.05) is 6.26 Å². The number of halogens is 1. The smallest absolute Gasteiger partial charge is 0.263 e. The van der Waals surface area contributed by atoms with Gasteiger partial charge in [0.25, 0.3) is 5.56 Å². The molecule has 0 radical (unpaired) electrons. The Morgan fingerprint density at radius 3 is 2.67 bits per heavy atom. The van der Waals surface area contributed by atoms with Gasteiger partial charge < -0.3 is 0 Å². The van der Waals surface area contributed by atoms with Crippen molar-refractivity contribution < 1.29 is 9.18 Å². The van der Waals surface area contributed by atoms with Gasteiger partial charge in [0, 0.05) is 10.4 Å². The van der Waals surface area contributed by atoms with Crippen LogP contribution in [0.2, 0.25) is 0 Å². The second-order valence-electron chi connectivity index (χ2n) is 5.20. The number of carbonyl (C=O) groups is 1. The quantitative estimate of drug-likeness (QED) is 0.394. The van der Waals surface area contributed by atoms with Crippen molar-refractivity contribution in [2.45, 2.75) is 25.0 Å². The summed E-state index contributed by atoms with van der Waals surface area (Å²) < 4.78 is 14.4. The second kappa shape index (κ2) is 6.86. The Labute approximate surface area is 146 Å². The number of rotatable bonds is 5. The number of benzene rings is 1. The number of thioether (sulfide) groups is 1. The molecule has 0 saturated heterocycles. The first-order chi connectivity index (χ1) is 11.5.